The predicted molar refractivity (Wildman–Crippen MR) is 103 cm³/mol. The molecule has 1 aromatic heterocycles. The summed E-state index contributed by atoms with van der Waals surface area (Å²) in [5.74, 6) is -1.07. The van der Waals surface area contributed by atoms with Crippen molar-refractivity contribution < 1.29 is 18.7 Å². The average Bonchev–Trinajstić information content (AvgIpc) is 2.64. The second-order valence-corrected chi connectivity index (χ2v) is 5.88. The molecule has 0 atom stereocenters. The third-order valence-corrected chi connectivity index (χ3v) is 3.82. The molecule has 0 aliphatic carbocycles. The number of halogens is 1. The minimum absolute atomic E-state index is 0.00925. The minimum Gasteiger partial charge on any atom is -0.486 e. The van der Waals surface area contributed by atoms with Crippen LogP contribution in [-0.2, 0) is 11.3 Å². The molecule has 0 unspecified atom stereocenters. The van der Waals surface area contributed by atoms with Gasteiger partial charge in [-0.1, -0.05) is 25.1 Å². The molecule has 0 aliphatic rings. The van der Waals surface area contributed by atoms with E-state index in [1.54, 1.807) is 32.2 Å². The molecular formula is C20H24FN3O3. The van der Waals surface area contributed by atoms with Gasteiger partial charge >= 0.3 is 0 Å². The maximum Gasteiger partial charge on any atom is 0.259 e. The van der Waals surface area contributed by atoms with Crippen LogP contribution in [0, 0.1) is 12.7 Å². The Hall–Kier alpha value is -2.93. The van der Waals surface area contributed by atoms with Crippen LogP contribution in [0.15, 0.2) is 36.4 Å². The molecule has 2 aromatic rings. The highest BCUT2D eigenvalue weighted by Gasteiger charge is 2.17. The number of methoxy groups -OCH3 is 1. The molecule has 144 valence electrons. The molecule has 0 saturated carbocycles. The molecule has 1 amide bonds. The van der Waals surface area contributed by atoms with Crippen LogP contribution in [0.4, 0.5) is 15.9 Å². The summed E-state index contributed by atoms with van der Waals surface area (Å²) in [5.41, 5.74) is 7.47. The Labute approximate surface area is 158 Å². The highest BCUT2D eigenvalue weighted by molar-refractivity contribution is 6.07. The fourth-order valence-corrected chi connectivity index (χ4v) is 2.41. The molecule has 2 rings (SSSR count). The molecule has 6 nitrogen and oxygen atoms in total. The third kappa shape index (κ3) is 5.27. The van der Waals surface area contributed by atoms with Crippen molar-refractivity contribution >= 4 is 17.4 Å². The quantitative estimate of drug-likeness (QED) is 0.686. The number of nitrogens with one attached hydrogen (secondary N) is 1. The summed E-state index contributed by atoms with van der Waals surface area (Å²) >= 11 is 0. The first-order valence-electron chi connectivity index (χ1n) is 8.60. The zero-order valence-electron chi connectivity index (χ0n) is 15.7. The summed E-state index contributed by atoms with van der Waals surface area (Å²) in [7, 11) is 1.55. The summed E-state index contributed by atoms with van der Waals surface area (Å²) < 4.78 is 25.0. The van der Waals surface area contributed by atoms with Crippen LogP contribution >= 0.6 is 0 Å². The number of anilines is 2. The van der Waals surface area contributed by atoms with E-state index in [1.165, 1.54) is 12.1 Å². The molecule has 0 bridgehead atoms. The Balaban J connectivity index is 2.18. The van der Waals surface area contributed by atoms with Gasteiger partial charge in [0.25, 0.3) is 5.91 Å². The Kier molecular flexibility index (Phi) is 7.31. The van der Waals surface area contributed by atoms with Crippen LogP contribution < -0.4 is 15.8 Å². The number of hydrogen-bond acceptors (Lipinski definition) is 5. The Morgan fingerprint density at radius 2 is 2.15 bits per heavy atom. The molecule has 0 radical (unpaired) electrons. The molecule has 0 spiro atoms. The molecule has 1 heterocycles. The van der Waals surface area contributed by atoms with Crippen molar-refractivity contribution in [3.63, 3.8) is 0 Å². The van der Waals surface area contributed by atoms with Gasteiger partial charge in [0.1, 0.15) is 12.4 Å². The molecule has 0 aliphatic heterocycles. The summed E-state index contributed by atoms with van der Waals surface area (Å²) in [6, 6.07) is 6.17. The second-order valence-electron chi connectivity index (χ2n) is 5.88. The topological polar surface area (TPSA) is 86.5 Å². The lowest BCUT2D eigenvalue weighted by molar-refractivity contribution is 0.102. The number of pyridine rings is 1. The van der Waals surface area contributed by atoms with Crippen molar-refractivity contribution in [2.75, 3.05) is 24.8 Å². The summed E-state index contributed by atoms with van der Waals surface area (Å²) in [6.45, 7) is 4.34. The molecule has 0 fully saturated rings. The number of nitrogens with zero attached hydrogens (tertiary/aromatic N) is 1. The van der Waals surface area contributed by atoms with Gasteiger partial charge in [-0.2, -0.15) is 0 Å². The first-order chi connectivity index (χ1) is 13.0. The highest BCUT2D eigenvalue weighted by atomic mass is 19.1. The number of benzene rings is 1. The van der Waals surface area contributed by atoms with E-state index in [4.69, 9.17) is 15.2 Å². The number of ether oxygens (including phenoxy) is 2. The summed E-state index contributed by atoms with van der Waals surface area (Å²) in [4.78, 5) is 16.7. The normalized spacial score (nSPS) is 11.0. The Morgan fingerprint density at radius 3 is 2.85 bits per heavy atom. The smallest absolute Gasteiger partial charge is 0.259 e. The molecule has 27 heavy (non-hydrogen) atoms. The number of allylic oxidation sites excluding steroid dienone is 1. The lowest BCUT2D eigenvalue weighted by atomic mass is 10.1. The van der Waals surface area contributed by atoms with Crippen molar-refractivity contribution in [2.45, 2.75) is 26.9 Å². The predicted octanol–water partition coefficient (Wildman–Crippen LogP) is 3.86. The van der Waals surface area contributed by atoms with Crippen LogP contribution in [0.3, 0.4) is 0 Å². The van der Waals surface area contributed by atoms with E-state index in [2.05, 4.69) is 10.3 Å². The Morgan fingerprint density at radius 1 is 1.37 bits per heavy atom. The monoisotopic (exact) mass is 373 g/mol. The number of nitrogens with two attached hydrogens (primary N) is 1. The molecular weight excluding hydrogens is 349 g/mol. The van der Waals surface area contributed by atoms with Crippen molar-refractivity contribution in [3.8, 4) is 5.75 Å². The van der Waals surface area contributed by atoms with Gasteiger partial charge in [0.15, 0.2) is 11.6 Å². The van der Waals surface area contributed by atoms with Crippen molar-refractivity contribution in [1.82, 2.24) is 4.98 Å². The summed E-state index contributed by atoms with van der Waals surface area (Å²) in [5, 5.41) is 2.52. The molecule has 1 aromatic carbocycles. The lowest BCUT2D eigenvalue weighted by Gasteiger charge is -2.13. The number of carbonyl (C=O) groups excluding carboxylic acids is 1. The van der Waals surface area contributed by atoms with E-state index in [1.807, 2.05) is 13.0 Å². The van der Waals surface area contributed by atoms with E-state index in [0.29, 0.717) is 12.3 Å². The number of amides is 1. The van der Waals surface area contributed by atoms with Crippen molar-refractivity contribution in [2.24, 2.45) is 0 Å². The molecule has 0 saturated heterocycles. The highest BCUT2D eigenvalue weighted by Crippen LogP contribution is 2.26. The zero-order valence-corrected chi connectivity index (χ0v) is 15.7. The number of carbonyl (C=O) groups is 1. The fourth-order valence-electron chi connectivity index (χ4n) is 2.41. The van der Waals surface area contributed by atoms with Gasteiger partial charge in [-0.3, -0.25) is 4.79 Å². The first-order valence-corrected chi connectivity index (χ1v) is 8.60. The number of aryl methyl sites for hydroxylation is 1. The van der Waals surface area contributed by atoms with E-state index >= 15 is 0 Å². The largest absolute Gasteiger partial charge is 0.486 e. The number of aromatic nitrogens is 1. The van der Waals surface area contributed by atoms with Crippen LogP contribution in [0.2, 0.25) is 0 Å². The van der Waals surface area contributed by atoms with Crippen LogP contribution in [0.5, 0.6) is 5.75 Å². The zero-order chi connectivity index (χ0) is 19.8. The van der Waals surface area contributed by atoms with Crippen LogP contribution in [-0.4, -0.2) is 24.6 Å². The minimum atomic E-state index is -0.644. The Bertz CT molecular complexity index is 837. The second kappa shape index (κ2) is 9.68. The van der Waals surface area contributed by atoms with E-state index in [9.17, 15) is 9.18 Å². The van der Waals surface area contributed by atoms with Gasteiger partial charge < -0.3 is 20.5 Å². The van der Waals surface area contributed by atoms with Gasteiger partial charge in [-0.25, -0.2) is 9.37 Å². The van der Waals surface area contributed by atoms with Gasteiger partial charge in [-0.15, -0.1) is 0 Å². The maximum atomic E-state index is 14.6. The number of hydrogen-bond donors (Lipinski definition) is 2. The first kappa shape index (κ1) is 20.4. The van der Waals surface area contributed by atoms with Crippen molar-refractivity contribution in [1.29, 1.82) is 0 Å². The standard InChI is InChI=1S/C20H24FN3O3/c1-4-5-6-10-27-17-9-7-8-15(18(17)21)24-20(25)14-11-13(2)16(12-26-3)23-19(14)22/h5-9,11H,4,10,12H2,1-3H3,(H2,22,23)(H,24,25). The van der Waals surface area contributed by atoms with E-state index < -0.39 is 11.7 Å². The third-order valence-electron chi connectivity index (χ3n) is 3.82. The van der Waals surface area contributed by atoms with Crippen molar-refractivity contribution in [3.05, 3.63) is 59.1 Å². The van der Waals surface area contributed by atoms with Crippen LogP contribution in [0.1, 0.15) is 35.0 Å². The van der Waals surface area contributed by atoms with Crippen LogP contribution in [0.25, 0.3) is 0 Å². The van der Waals surface area contributed by atoms with Gasteiger partial charge in [0.2, 0.25) is 0 Å². The van der Waals surface area contributed by atoms with Gasteiger partial charge in [0, 0.05) is 7.11 Å². The van der Waals surface area contributed by atoms with E-state index in [0.717, 1.165) is 12.0 Å². The van der Waals surface area contributed by atoms with Gasteiger partial charge in [-0.05, 0) is 37.1 Å². The van der Waals surface area contributed by atoms with E-state index in [-0.39, 0.29) is 29.4 Å². The number of rotatable bonds is 8. The molecule has 3 N–H and O–H groups in total. The maximum absolute atomic E-state index is 14.6. The molecule has 7 heteroatoms. The fraction of sp³-hybridized carbons (Fsp3) is 0.300. The summed E-state index contributed by atoms with van der Waals surface area (Å²) in [6.07, 6.45) is 4.61. The SMILES string of the molecule is CCC=CCOc1cccc(NC(=O)c2cc(C)c(COC)nc2N)c1F. The van der Waals surface area contributed by atoms with Gasteiger partial charge in [0.05, 0.1) is 23.6 Å². The lowest BCUT2D eigenvalue weighted by Crippen LogP contribution is -2.17. The average molecular weight is 373 g/mol. The number of nitrogen functional groups attached to an aromatic ring is 1.